The molecule has 0 bridgehead atoms. The van der Waals surface area contributed by atoms with Crippen LogP contribution in [0, 0.1) is 0 Å². The zero-order valence-corrected chi connectivity index (χ0v) is 17.7. The lowest BCUT2D eigenvalue weighted by Crippen LogP contribution is -2.25. The summed E-state index contributed by atoms with van der Waals surface area (Å²) in [4.78, 5) is 13.5. The predicted molar refractivity (Wildman–Crippen MR) is 118 cm³/mol. The Labute approximate surface area is 179 Å². The molecule has 0 unspecified atom stereocenters. The van der Waals surface area contributed by atoms with Gasteiger partial charge in [-0.15, -0.1) is 11.8 Å². The zero-order chi connectivity index (χ0) is 20.7. The Bertz CT molecular complexity index is 1060. The van der Waals surface area contributed by atoms with E-state index < -0.39 is 10.0 Å². The Morgan fingerprint density at radius 3 is 2.21 bits per heavy atom. The first-order valence-corrected chi connectivity index (χ1v) is 11.6. The third-order valence-corrected chi connectivity index (χ3v) is 6.59. The van der Waals surface area contributed by atoms with E-state index >= 15 is 0 Å². The van der Waals surface area contributed by atoms with Gasteiger partial charge < -0.3 is 5.32 Å². The summed E-state index contributed by atoms with van der Waals surface area (Å²) in [5.74, 6) is 0.556. The van der Waals surface area contributed by atoms with Crippen molar-refractivity contribution in [2.45, 2.75) is 9.79 Å². The highest BCUT2D eigenvalue weighted by molar-refractivity contribution is 7.99. The summed E-state index contributed by atoms with van der Waals surface area (Å²) >= 11 is 7.46. The van der Waals surface area contributed by atoms with Crippen LogP contribution in [0.5, 0.6) is 0 Å². The Morgan fingerprint density at radius 1 is 0.897 bits per heavy atom. The molecule has 0 aliphatic heterocycles. The molecule has 150 valence electrons. The molecule has 0 saturated heterocycles. The molecule has 0 spiro atoms. The number of hydrogen-bond donors (Lipinski definition) is 2. The number of carbonyl (C=O) groups excluding carboxylic acids is 1. The fraction of sp³-hybridized carbons (Fsp3) is 0.0952. The molecule has 0 heterocycles. The highest BCUT2D eigenvalue weighted by atomic mass is 35.5. The summed E-state index contributed by atoms with van der Waals surface area (Å²) in [5, 5.41) is 3.32. The van der Waals surface area contributed by atoms with Crippen LogP contribution in [0.15, 0.2) is 88.7 Å². The molecule has 2 N–H and O–H groups in total. The first-order valence-electron chi connectivity index (χ1n) is 8.78. The molecular formula is C21H19ClN2O3S2. The first-order chi connectivity index (χ1) is 13.9. The van der Waals surface area contributed by atoms with Crippen molar-refractivity contribution < 1.29 is 13.2 Å². The lowest BCUT2D eigenvalue weighted by atomic mass is 10.2. The summed E-state index contributed by atoms with van der Waals surface area (Å²) in [6.45, 7) is 0.531. The van der Waals surface area contributed by atoms with Crippen molar-refractivity contribution in [1.82, 2.24) is 5.32 Å². The first kappa shape index (κ1) is 21.2. The summed E-state index contributed by atoms with van der Waals surface area (Å²) in [5.41, 5.74) is 0.834. The summed E-state index contributed by atoms with van der Waals surface area (Å²) in [6.07, 6.45) is 0. The molecule has 3 aromatic carbocycles. The molecule has 1 amide bonds. The van der Waals surface area contributed by atoms with Crippen LogP contribution in [0.2, 0.25) is 5.02 Å². The van der Waals surface area contributed by atoms with Crippen LogP contribution < -0.4 is 10.0 Å². The minimum atomic E-state index is -3.72. The lowest BCUT2D eigenvalue weighted by Gasteiger charge is -2.09. The molecule has 29 heavy (non-hydrogen) atoms. The van der Waals surface area contributed by atoms with Crippen molar-refractivity contribution in [1.29, 1.82) is 0 Å². The smallest absolute Gasteiger partial charge is 0.261 e. The molecule has 0 aliphatic rings. The largest absolute Gasteiger partial charge is 0.351 e. The van der Waals surface area contributed by atoms with Crippen molar-refractivity contribution in [2.75, 3.05) is 17.0 Å². The van der Waals surface area contributed by atoms with Crippen molar-refractivity contribution in [2.24, 2.45) is 0 Å². The number of rotatable bonds is 8. The van der Waals surface area contributed by atoms with Gasteiger partial charge in [-0.3, -0.25) is 9.52 Å². The summed E-state index contributed by atoms with van der Waals surface area (Å²) < 4.78 is 27.3. The van der Waals surface area contributed by atoms with E-state index in [0.717, 1.165) is 10.6 Å². The molecule has 0 saturated carbocycles. The Hall–Kier alpha value is -2.48. The molecule has 0 aromatic heterocycles. The predicted octanol–water partition coefficient (Wildman–Crippen LogP) is 4.66. The number of nitrogens with one attached hydrogen (secondary N) is 2. The quantitative estimate of drug-likeness (QED) is 0.389. The maximum absolute atomic E-state index is 12.4. The molecular weight excluding hydrogens is 428 g/mol. The third-order valence-electron chi connectivity index (χ3n) is 3.92. The van der Waals surface area contributed by atoms with E-state index in [1.165, 1.54) is 24.3 Å². The Kier molecular flexibility index (Phi) is 7.19. The number of benzene rings is 3. The van der Waals surface area contributed by atoms with Gasteiger partial charge in [0.1, 0.15) is 0 Å². The van der Waals surface area contributed by atoms with E-state index in [-0.39, 0.29) is 10.8 Å². The monoisotopic (exact) mass is 446 g/mol. The molecule has 0 fully saturated rings. The molecule has 3 aromatic rings. The highest BCUT2D eigenvalue weighted by Crippen LogP contribution is 2.19. The van der Waals surface area contributed by atoms with Gasteiger partial charge in [0.15, 0.2) is 0 Å². The maximum Gasteiger partial charge on any atom is 0.261 e. The molecule has 0 radical (unpaired) electrons. The average Bonchev–Trinajstić information content (AvgIpc) is 2.72. The fourth-order valence-corrected chi connectivity index (χ4v) is 4.44. The highest BCUT2D eigenvalue weighted by Gasteiger charge is 2.14. The van der Waals surface area contributed by atoms with E-state index in [1.807, 2.05) is 30.3 Å². The summed E-state index contributed by atoms with van der Waals surface area (Å²) in [7, 11) is -3.72. The van der Waals surface area contributed by atoms with Crippen LogP contribution in [0.4, 0.5) is 5.69 Å². The Balaban J connectivity index is 1.52. The van der Waals surface area contributed by atoms with Gasteiger partial charge in [0.25, 0.3) is 15.9 Å². The van der Waals surface area contributed by atoms with Gasteiger partial charge >= 0.3 is 0 Å². The number of carbonyl (C=O) groups is 1. The standard InChI is InChI=1S/C21H19ClN2O3S2/c22-17-8-12-20(13-9-17)29(26,27)24-18-10-6-16(7-11-18)21(25)23-14-15-28-19-4-2-1-3-5-19/h1-13,24H,14-15H2,(H,23,25). The number of anilines is 1. The Morgan fingerprint density at radius 2 is 1.55 bits per heavy atom. The van der Waals surface area contributed by atoms with Crippen LogP contribution in [0.1, 0.15) is 10.4 Å². The van der Waals surface area contributed by atoms with Gasteiger partial charge in [0.2, 0.25) is 0 Å². The lowest BCUT2D eigenvalue weighted by molar-refractivity contribution is 0.0956. The molecule has 8 heteroatoms. The topological polar surface area (TPSA) is 75.3 Å². The van der Waals surface area contributed by atoms with E-state index in [2.05, 4.69) is 10.0 Å². The third kappa shape index (κ3) is 6.25. The van der Waals surface area contributed by atoms with E-state index in [9.17, 15) is 13.2 Å². The van der Waals surface area contributed by atoms with Gasteiger partial charge in [-0.05, 0) is 60.7 Å². The van der Waals surface area contributed by atoms with Crippen LogP contribution >= 0.6 is 23.4 Å². The molecule has 5 nitrogen and oxygen atoms in total. The maximum atomic E-state index is 12.4. The van der Waals surface area contributed by atoms with Gasteiger partial charge in [-0.25, -0.2) is 8.42 Å². The fourth-order valence-electron chi connectivity index (χ4n) is 2.47. The van der Waals surface area contributed by atoms with Gasteiger partial charge in [0, 0.05) is 33.5 Å². The second-order valence-electron chi connectivity index (χ2n) is 6.05. The number of halogens is 1. The van der Waals surface area contributed by atoms with Crippen LogP contribution in [0.25, 0.3) is 0 Å². The minimum Gasteiger partial charge on any atom is -0.351 e. The second kappa shape index (κ2) is 9.82. The second-order valence-corrected chi connectivity index (χ2v) is 9.34. The van der Waals surface area contributed by atoms with Gasteiger partial charge in [0.05, 0.1) is 4.90 Å². The number of amides is 1. The molecule has 0 atom stereocenters. The van der Waals surface area contributed by atoms with Gasteiger partial charge in [-0.2, -0.15) is 0 Å². The molecule has 0 aliphatic carbocycles. The van der Waals surface area contributed by atoms with E-state index in [0.29, 0.717) is 22.8 Å². The minimum absolute atomic E-state index is 0.111. The van der Waals surface area contributed by atoms with Crippen molar-refractivity contribution in [3.63, 3.8) is 0 Å². The van der Waals surface area contributed by atoms with Crippen LogP contribution in [0.3, 0.4) is 0 Å². The van der Waals surface area contributed by atoms with E-state index in [4.69, 9.17) is 11.6 Å². The zero-order valence-electron chi connectivity index (χ0n) is 15.3. The normalized spacial score (nSPS) is 11.1. The summed E-state index contributed by atoms with van der Waals surface area (Å²) in [6, 6.07) is 22.1. The average molecular weight is 447 g/mol. The number of sulfonamides is 1. The van der Waals surface area contributed by atoms with Crippen LogP contribution in [-0.2, 0) is 10.0 Å². The van der Waals surface area contributed by atoms with Crippen LogP contribution in [-0.4, -0.2) is 26.6 Å². The van der Waals surface area contributed by atoms with Crippen molar-refractivity contribution >= 4 is 45.0 Å². The SMILES string of the molecule is O=C(NCCSc1ccccc1)c1ccc(NS(=O)(=O)c2ccc(Cl)cc2)cc1. The van der Waals surface area contributed by atoms with E-state index in [1.54, 1.807) is 36.0 Å². The number of thioether (sulfide) groups is 1. The number of hydrogen-bond acceptors (Lipinski definition) is 4. The van der Waals surface area contributed by atoms with Crippen molar-refractivity contribution in [3.05, 3.63) is 89.4 Å². The van der Waals surface area contributed by atoms with Crippen molar-refractivity contribution in [3.8, 4) is 0 Å². The molecule has 3 rings (SSSR count). The van der Waals surface area contributed by atoms with Gasteiger partial charge in [-0.1, -0.05) is 29.8 Å².